The highest BCUT2D eigenvalue weighted by Crippen LogP contribution is 2.22. The van der Waals surface area contributed by atoms with Gasteiger partial charge in [0.15, 0.2) is 10.5 Å². The van der Waals surface area contributed by atoms with Crippen molar-refractivity contribution in [2.75, 3.05) is 10.6 Å². The van der Waals surface area contributed by atoms with Crippen molar-refractivity contribution in [3.05, 3.63) is 40.9 Å². The van der Waals surface area contributed by atoms with E-state index in [0.29, 0.717) is 15.9 Å². The largest absolute Gasteiger partial charge is 0.457 e. The number of hydrogen-bond acceptors (Lipinski definition) is 4. The Bertz CT molecular complexity index is 624. The van der Waals surface area contributed by atoms with Gasteiger partial charge in [0.05, 0.1) is 17.5 Å². The quantitative estimate of drug-likeness (QED) is 0.909. The number of carbonyl (C=O) groups excluding carboxylic acids is 2. The van der Waals surface area contributed by atoms with Gasteiger partial charge in [-0.1, -0.05) is 0 Å². The van der Waals surface area contributed by atoms with E-state index in [2.05, 4.69) is 31.5 Å². The summed E-state index contributed by atoms with van der Waals surface area (Å²) in [6, 6.07) is 4.84. The van der Waals surface area contributed by atoms with Crippen LogP contribution in [0.25, 0.3) is 0 Å². The van der Waals surface area contributed by atoms with Gasteiger partial charge in [-0.15, -0.1) is 0 Å². The average Bonchev–Trinajstić information content (AvgIpc) is 2.77. The van der Waals surface area contributed by atoms with Crippen LogP contribution in [0, 0.1) is 0 Å². The predicted octanol–water partition coefficient (Wildman–Crippen LogP) is 2.65. The second-order valence-corrected chi connectivity index (χ2v) is 4.36. The van der Waals surface area contributed by atoms with E-state index in [9.17, 15) is 9.59 Å². The van der Waals surface area contributed by atoms with E-state index >= 15 is 0 Å². The number of amides is 2. The first kappa shape index (κ1) is 13.3. The molecule has 0 saturated carbocycles. The van der Waals surface area contributed by atoms with Gasteiger partial charge < -0.3 is 15.1 Å². The minimum Gasteiger partial charge on any atom is -0.457 e. The number of rotatable bonds is 3. The third-order valence-electron chi connectivity index (χ3n) is 2.21. The van der Waals surface area contributed by atoms with E-state index in [1.807, 2.05) is 0 Å². The Kier molecular flexibility index (Phi) is 3.96. The van der Waals surface area contributed by atoms with Crippen LogP contribution in [0.5, 0.6) is 0 Å². The highest BCUT2D eigenvalue weighted by molar-refractivity contribution is 9.10. The topological polar surface area (TPSA) is 84.2 Å². The zero-order chi connectivity index (χ0) is 13.8. The Balaban J connectivity index is 2.22. The molecule has 2 aromatic heterocycles. The van der Waals surface area contributed by atoms with Gasteiger partial charge in [0.2, 0.25) is 5.91 Å². The van der Waals surface area contributed by atoms with Gasteiger partial charge in [-0.2, -0.15) is 0 Å². The lowest BCUT2D eigenvalue weighted by Gasteiger charge is -2.09. The fourth-order valence-corrected chi connectivity index (χ4v) is 1.85. The number of aromatic nitrogens is 1. The number of nitrogens with one attached hydrogen (secondary N) is 2. The summed E-state index contributed by atoms with van der Waals surface area (Å²) in [5.74, 6) is -0.352. The lowest BCUT2D eigenvalue weighted by molar-refractivity contribution is -0.114. The van der Waals surface area contributed by atoms with E-state index < -0.39 is 0 Å². The van der Waals surface area contributed by atoms with E-state index in [0.717, 1.165) is 0 Å². The zero-order valence-corrected chi connectivity index (χ0v) is 11.5. The summed E-state index contributed by atoms with van der Waals surface area (Å²) in [6.07, 6.45) is 2.91. The van der Waals surface area contributed by atoms with Crippen molar-refractivity contribution in [3.8, 4) is 0 Å². The number of carbonyl (C=O) groups is 2. The molecule has 0 aliphatic rings. The molecule has 0 aliphatic carbocycles. The molecule has 2 aromatic rings. The number of pyridine rings is 1. The number of hydrogen-bond donors (Lipinski definition) is 2. The molecule has 2 heterocycles. The van der Waals surface area contributed by atoms with Crippen molar-refractivity contribution in [1.82, 2.24) is 4.98 Å². The molecular weight excluding hydrogens is 314 g/mol. The van der Waals surface area contributed by atoms with Crippen molar-refractivity contribution in [2.45, 2.75) is 6.92 Å². The van der Waals surface area contributed by atoms with Crippen LogP contribution < -0.4 is 10.6 Å². The molecule has 19 heavy (non-hydrogen) atoms. The summed E-state index contributed by atoms with van der Waals surface area (Å²) in [5, 5.41) is 5.19. The van der Waals surface area contributed by atoms with Crippen molar-refractivity contribution in [2.24, 2.45) is 0 Å². The van der Waals surface area contributed by atoms with Crippen molar-refractivity contribution < 1.29 is 14.0 Å². The second kappa shape index (κ2) is 5.66. The molecule has 0 fully saturated rings. The van der Waals surface area contributed by atoms with Crippen molar-refractivity contribution in [3.63, 3.8) is 0 Å². The van der Waals surface area contributed by atoms with Crippen LogP contribution >= 0.6 is 15.9 Å². The summed E-state index contributed by atoms with van der Waals surface area (Å²) < 4.78 is 5.32. The molecule has 2 amide bonds. The van der Waals surface area contributed by atoms with Crippen molar-refractivity contribution >= 4 is 39.2 Å². The normalized spacial score (nSPS) is 10.0. The first-order valence-electron chi connectivity index (χ1n) is 5.35. The second-order valence-electron chi connectivity index (χ2n) is 3.64. The number of furan rings is 1. The van der Waals surface area contributed by atoms with Crippen LogP contribution in [0.1, 0.15) is 17.3 Å². The Morgan fingerprint density at radius 3 is 2.74 bits per heavy atom. The van der Waals surface area contributed by atoms with E-state index in [1.54, 1.807) is 12.1 Å². The van der Waals surface area contributed by atoms with Gasteiger partial charge in [0.25, 0.3) is 5.91 Å². The van der Waals surface area contributed by atoms with E-state index in [4.69, 9.17) is 4.42 Å². The van der Waals surface area contributed by atoms with E-state index in [1.165, 1.54) is 25.5 Å². The number of nitrogens with zero attached hydrogens (tertiary/aromatic N) is 1. The fourth-order valence-electron chi connectivity index (χ4n) is 1.43. The third-order valence-corrected chi connectivity index (χ3v) is 2.83. The lowest BCUT2D eigenvalue weighted by atomic mass is 10.3. The minimum absolute atomic E-state index is 0.243. The van der Waals surface area contributed by atoms with Gasteiger partial charge in [0, 0.05) is 13.1 Å². The minimum atomic E-state index is -0.383. The molecule has 0 aromatic carbocycles. The van der Waals surface area contributed by atoms with Crippen molar-refractivity contribution in [1.29, 1.82) is 0 Å². The van der Waals surface area contributed by atoms with Gasteiger partial charge >= 0.3 is 0 Å². The molecule has 2 rings (SSSR count). The van der Waals surface area contributed by atoms with Crippen LogP contribution in [0.15, 0.2) is 39.7 Å². The van der Waals surface area contributed by atoms with Gasteiger partial charge in [-0.3, -0.25) is 9.59 Å². The Labute approximate surface area is 117 Å². The molecule has 2 N–H and O–H groups in total. The molecule has 0 radical (unpaired) electrons. The Morgan fingerprint density at radius 2 is 2.11 bits per heavy atom. The average molecular weight is 324 g/mol. The highest BCUT2D eigenvalue weighted by Gasteiger charge is 2.15. The monoisotopic (exact) mass is 323 g/mol. The van der Waals surface area contributed by atoms with Gasteiger partial charge in [-0.25, -0.2) is 4.98 Å². The lowest BCUT2D eigenvalue weighted by Crippen LogP contribution is -2.16. The maximum atomic E-state index is 12.0. The number of halogens is 1. The maximum Gasteiger partial charge on any atom is 0.261 e. The van der Waals surface area contributed by atoms with Crippen LogP contribution in [-0.4, -0.2) is 16.8 Å². The molecule has 98 valence electrons. The molecule has 0 saturated heterocycles. The van der Waals surface area contributed by atoms with Crippen LogP contribution in [0.3, 0.4) is 0 Å². The Hall–Kier alpha value is -2.15. The Morgan fingerprint density at radius 1 is 1.32 bits per heavy atom. The third kappa shape index (κ3) is 3.19. The van der Waals surface area contributed by atoms with E-state index in [-0.39, 0.29) is 17.6 Å². The molecule has 0 atom stereocenters. The summed E-state index contributed by atoms with van der Waals surface area (Å²) in [7, 11) is 0. The number of anilines is 2. The molecule has 6 nitrogen and oxygen atoms in total. The first-order chi connectivity index (χ1) is 9.08. The summed E-state index contributed by atoms with van der Waals surface area (Å²) in [6.45, 7) is 1.38. The molecular formula is C12H10BrN3O3. The van der Waals surface area contributed by atoms with Crippen LogP contribution in [0.2, 0.25) is 0 Å². The summed E-state index contributed by atoms with van der Waals surface area (Å²) >= 11 is 3.12. The fraction of sp³-hybridized carbons (Fsp3) is 0.0833. The van der Waals surface area contributed by atoms with Crippen LogP contribution in [-0.2, 0) is 4.79 Å². The van der Waals surface area contributed by atoms with Gasteiger partial charge in [0.1, 0.15) is 0 Å². The van der Waals surface area contributed by atoms with Gasteiger partial charge in [-0.05, 0) is 34.1 Å². The molecule has 0 spiro atoms. The first-order valence-corrected chi connectivity index (χ1v) is 6.14. The summed E-state index contributed by atoms with van der Waals surface area (Å²) in [5.41, 5.74) is 0.780. The smallest absolute Gasteiger partial charge is 0.261 e. The summed E-state index contributed by atoms with van der Waals surface area (Å²) in [4.78, 5) is 27.1. The van der Waals surface area contributed by atoms with Crippen LogP contribution in [0.4, 0.5) is 11.5 Å². The predicted molar refractivity (Wildman–Crippen MR) is 72.9 cm³/mol. The SMILES string of the molecule is CC(=O)Nc1cccnc1NC(=O)c1ccoc1Br. The standard InChI is InChI=1S/C12H10BrN3O3/c1-7(17)15-9-3-2-5-14-11(9)16-12(18)8-4-6-19-10(8)13/h2-6H,1H3,(H,15,17)(H,14,16,18). The molecule has 0 aliphatic heterocycles. The maximum absolute atomic E-state index is 12.0. The zero-order valence-electron chi connectivity index (χ0n) is 9.94. The highest BCUT2D eigenvalue weighted by atomic mass is 79.9. The molecule has 0 bridgehead atoms. The molecule has 0 unspecified atom stereocenters. The molecule has 7 heteroatoms.